The number of ether oxygens (including phenoxy) is 1. The fourth-order valence-electron chi connectivity index (χ4n) is 3.07. The molecule has 1 heterocycles. The predicted octanol–water partition coefficient (Wildman–Crippen LogP) is 5.70. The third kappa shape index (κ3) is 3.30. The van der Waals surface area contributed by atoms with E-state index in [0.717, 1.165) is 16.8 Å². The molecule has 0 bridgehead atoms. The average molecular weight is 325 g/mol. The molecule has 0 aliphatic heterocycles. The molecule has 2 nitrogen and oxygen atoms in total. The van der Waals surface area contributed by atoms with Crippen LogP contribution < -0.4 is 0 Å². The molecule has 0 saturated heterocycles. The largest absolute Gasteiger partial charge is 0.380 e. The van der Waals surface area contributed by atoms with Crippen LogP contribution in [0.15, 0.2) is 72.8 Å². The van der Waals surface area contributed by atoms with Crippen LogP contribution in [0.3, 0.4) is 0 Å². The smallest absolute Gasteiger partial charge is 0.0715 e. The summed E-state index contributed by atoms with van der Waals surface area (Å²) >= 11 is 0. The lowest BCUT2D eigenvalue weighted by molar-refractivity contribution is 0.185. The van der Waals surface area contributed by atoms with Crippen LogP contribution in [0.4, 0.5) is 0 Å². The number of nitrogens with zero attached hydrogens (tertiary/aromatic N) is 1. The molecule has 3 aromatic carbocycles. The molecule has 4 rings (SSSR count). The van der Waals surface area contributed by atoms with Gasteiger partial charge in [-0.1, -0.05) is 66.7 Å². The number of hydrogen-bond donors (Lipinski definition) is 0. The van der Waals surface area contributed by atoms with E-state index >= 15 is 0 Å². The summed E-state index contributed by atoms with van der Waals surface area (Å²) in [6.07, 6.45) is 4.14. The first-order valence-electron chi connectivity index (χ1n) is 8.38. The Morgan fingerprint density at radius 3 is 2.48 bits per heavy atom. The lowest BCUT2D eigenvalue weighted by Gasteiger charge is -2.04. The summed E-state index contributed by atoms with van der Waals surface area (Å²) < 4.78 is 5.14. The van der Waals surface area contributed by atoms with Crippen LogP contribution in [0.5, 0.6) is 0 Å². The van der Waals surface area contributed by atoms with Crippen LogP contribution in [-0.4, -0.2) is 12.1 Å². The molecule has 0 saturated carbocycles. The second-order valence-electron chi connectivity index (χ2n) is 6.10. The highest BCUT2D eigenvalue weighted by Gasteiger charge is 2.01. The molecule has 0 aliphatic carbocycles. The quantitative estimate of drug-likeness (QED) is 0.449. The van der Waals surface area contributed by atoms with Gasteiger partial charge < -0.3 is 4.74 Å². The van der Waals surface area contributed by atoms with Gasteiger partial charge in [-0.2, -0.15) is 0 Å². The van der Waals surface area contributed by atoms with Crippen molar-refractivity contribution in [3.8, 4) is 0 Å². The normalized spacial score (nSPS) is 11.6. The number of aromatic nitrogens is 1. The van der Waals surface area contributed by atoms with Gasteiger partial charge in [0.25, 0.3) is 0 Å². The van der Waals surface area contributed by atoms with Crippen LogP contribution in [0.2, 0.25) is 0 Å². The minimum Gasteiger partial charge on any atom is -0.380 e. The fourth-order valence-corrected chi connectivity index (χ4v) is 3.07. The average Bonchev–Trinajstić information content (AvgIpc) is 2.67. The molecule has 0 aliphatic rings. The van der Waals surface area contributed by atoms with Gasteiger partial charge in [-0.05, 0) is 40.1 Å². The Labute approximate surface area is 147 Å². The Morgan fingerprint density at radius 1 is 0.800 bits per heavy atom. The molecule has 0 unspecified atom stereocenters. The molecule has 0 N–H and O–H groups in total. The van der Waals surface area contributed by atoms with Gasteiger partial charge in [-0.15, -0.1) is 0 Å². The van der Waals surface area contributed by atoms with E-state index in [-0.39, 0.29) is 0 Å². The Bertz CT molecular complexity index is 1050. The summed E-state index contributed by atoms with van der Waals surface area (Å²) in [5.74, 6) is 0. The minimum atomic E-state index is 0.643. The zero-order valence-electron chi connectivity index (χ0n) is 14.1. The molecule has 0 amide bonds. The van der Waals surface area contributed by atoms with Gasteiger partial charge >= 0.3 is 0 Å². The van der Waals surface area contributed by atoms with Gasteiger partial charge in [0.15, 0.2) is 0 Å². The lowest BCUT2D eigenvalue weighted by Crippen LogP contribution is -1.87. The molecular formula is C23H19NO. The Balaban J connectivity index is 1.64. The maximum Gasteiger partial charge on any atom is 0.0715 e. The molecule has 0 fully saturated rings. The monoisotopic (exact) mass is 325 g/mol. The highest BCUT2D eigenvalue weighted by Crippen LogP contribution is 2.24. The zero-order valence-corrected chi connectivity index (χ0v) is 14.1. The van der Waals surface area contributed by atoms with E-state index in [1.54, 1.807) is 7.11 Å². The molecule has 0 radical (unpaired) electrons. The van der Waals surface area contributed by atoms with E-state index in [0.29, 0.717) is 6.61 Å². The third-order valence-corrected chi connectivity index (χ3v) is 4.36. The molecule has 1 aromatic heterocycles. The lowest BCUT2D eigenvalue weighted by atomic mass is 10.0. The van der Waals surface area contributed by atoms with Crippen molar-refractivity contribution >= 4 is 33.8 Å². The summed E-state index contributed by atoms with van der Waals surface area (Å²) in [5.41, 5.74) is 4.32. The maximum atomic E-state index is 5.14. The van der Waals surface area contributed by atoms with Gasteiger partial charge in [-0.3, -0.25) is 0 Å². The van der Waals surface area contributed by atoms with Crippen LogP contribution in [0.25, 0.3) is 33.8 Å². The van der Waals surface area contributed by atoms with E-state index in [4.69, 9.17) is 9.72 Å². The first-order chi connectivity index (χ1) is 12.3. The Morgan fingerprint density at radius 2 is 1.64 bits per heavy atom. The number of benzene rings is 3. The molecular weight excluding hydrogens is 306 g/mol. The number of fused-ring (bicyclic) bond motifs is 3. The van der Waals surface area contributed by atoms with Crippen molar-refractivity contribution in [2.24, 2.45) is 0 Å². The topological polar surface area (TPSA) is 22.1 Å². The Kier molecular flexibility index (Phi) is 4.28. The summed E-state index contributed by atoms with van der Waals surface area (Å²) in [5, 5.41) is 3.69. The summed E-state index contributed by atoms with van der Waals surface area (Å²) in [7, 11) is 1.71. The van der Waals surface area contributed by atoms with Gasteiger partial charge in [0.1, 0.15) is 0 Å². The number of methoxy groups -OCH3 is 1. The van der Waals surface area contributed by atoms with E-state index in [9.17, 15) is 0 Å². The molecule has 122 valence electrons. The van der Waals surface area contributed by atoms with Crippen molar-refractivity contribution in [3.63, 3.8) is 0 Å². The standard InChI is InChI=1S/C23H19NO/c1-25-16-18-8-6-17(7-9-18)10-12-20-13-14-22-21-5-3-2-4-19(21)11-15-23(22)24-20/h2-15H,16H2,1H3. The van der Waals surface area contributed by atoms with E-state index < -0.39 is 0 Å². The van der Waals surface area contributed by atoms with Crippen LogP contribution in [0, 0.1) is 0 Å². The van der Waals surface area contributed by atoms with Crippen molar-refractivity contribution in [3.05, 3.63) is 89.6 Å². The van der Waals surface area contributed by atoms with Crippen molar-refractivity contribution in [1.29, 1.82) is 0 Å². The summed E-state index contributed by atoms with van der Waals surface area (Å²) in [4.78, 5) is 4.78. The fraction of sp³-hybridized carbons (Fsp3) is 0.0870. The molecule has 0 spiro atoms. The first kappa shape index (κ1) is 15.6. The predicted molar refractivity (Wildman–Crippen MR) is 105 cm³/mol. The van der Waals surface area contributed by atoms with Crippen molar-refractivity contribution < 1.29 is 4.74 Å². The van der Waals surface area contributed by atoms with Gasteiger partial charge in [-0.25, -0.2) is 4.98 Å². The van der Waals surface area contributed by atoms with E-state index in [1.165, 1.54) is 21.7 Å². The second kappa shape index (κ2) is 6.88. The summed E-state index contributed by atoms with van der Waals surface area (Å²) in [6, 6.07) is 25.2. The van der Waals surface area contributed by atoms with E-state index in [2.05, 4.69) is 84.9 Å². The van der Waals surface area contributed by atoms with Crippen molar-refractivity contribution in [1.82, 2.24) is 4.98 Å². The molecule has 4 aromatic rings. The first-order valence-corrected chi connectivity index (χ1v) is 8.38. The maximum absolute atomic E-state index is 5.14. The van der Waals surface area contributed by atoms with Gasteiger partial charge in [0, 0.05) is 12.5 Å². The van der Waals surface area contributed by atoms with Crippen molar-refractivity contribution in [2.75, 3.05) is 7.11 Å². The number of hydrogen-bond acceptors (Lipinski definition) is 2. The Hall–Kier alpha value is -2.97. The SMILES string of the molecule is COCc1ccc(C=Cc2ccc3c(ccc4ccccc43)n2)cc1. The van der Waals surface area contributed by atoms with Crippen LogP contribution in [0.1, 0.15) is 16.8 Å². The summed E-state index contributed by atoms with van der Waals surface area (Å²) in [6.45, 7) is 0.643. The van der Waals surface area contributed by atoms with Crippen LogP contribution in [-0.2, 0) is 11.3 Å². The second-order valence-corrected chi connectivity index (χ2v) is 6.10. The minimum absolute atomic E-state index is 0.643. The van der Waals surface area contributed by atoms with E-state index in [1.807, 2.05) is 0 Å². The zero-order chi connectivity index (χ0) is 17.1. The van der Waals surface area contributed by atoms with Gasteiger partial charge in [0.05, 0.1) is 17.8 Å². The van der Waals surface area contributed by atoms with Gasteiger partial charge in [0.2, 0.25) is 0 Å². The molecule has 2 heteroatoms. The van der Waals surface area contributed by atoms with Crippen molar-refractivity contribution in [2.45, 2.75) is 6.61 Å². The highest BCUT2D eigenvalue weighted by molar-refractivity contribution is 6.06. The van der Waals surface area contributed by atoms with Crippen LogP contribution >= 0.6 is 0 Å². The number of pyridine rings is 1. The number of rotatable bonds is 4. The molecule has 25 heavy (non-hydrogen) atoms. The molecule has 0 atom stereocenters. The highest BCUT2D eigenvalue weighted by atomic mass is 16.5. The third-order valence-electron chi connectivity index (χ3n) is 4.36.